The molecular weight excluding hydrogens is 610 g/mol. The molecule has 1 aromatic heterocycles. The summed E-state index contributed by atoms with van der Waals surface area (Å²) >= 11 is 0. The van der Waals surface area contributed by atoms with E-state index < -0.39 is 0 Å². The Morgan fingerprint density at radius 3 is 1.44 bits per heavy atom. The van der Waals surface area contributed by atoms with Gasteiger partial charge in [0.05, 0.1) is 60.7 Å². The maximum Gasteiger partial charge on any atom is 0.203 e. The van der Waals surface area contributed by atoms with Gasteiger partial charge in [0, 0.05) is 23.3 Å². The number of pyridine rings is 1. The first-order chi connectivity index (χ1) is 23.4. The largest absolute Gasteiger partial charge is 0.496 e. The second-order valence-corrected chi connectivity index (χ2v) is 10.6. The van der Waals surface area contributed by atoms with Crippen molar-refractivity contribution in [1.82, 2.24) is 4.98 Å². The van der Waals surface area contributed by atoms with Crippen molar-refractivity contribution >= 4 is 24.3 Å². The zero-order valence-electron chi connectivity index (χ0n) is 29.0. The van der Waals surface area contributed by atoms with E-state index >= 15 is 0 Å². The third-order valence-corrected chi connectivity index (χ3v) is 7.67. The standard InChI is InChI=1S/C39H45NO8/c1-9-32-35(43-5)18-26(19-36(32)44-6)14-16-30-12-11-13-31(40-30)17-15-27-20-37(45-7)39(38(21-27)46-8)48-25-29-23-33(41-3)28(24-47-10-2)22-34(29)42-4/h11-23H,9-10,24-25H2,1-8H3/b16-14+,17-15+. The molecule has 0 N–H and O–H groups in total. The smallest absolute Gasteiger partial charge is 0.203 e. The van der Waals surface area contributed by atoms with Gasteiger partial charge in [0.15, 0.2) is 11.5 Å². The Morgan fingerprint density at radius 2 is 1.00 bits per heavy atom. The lowest BCUT2D eigenvalue weighted by Gasteiger charge is -2.18. The van der Waals surface area contributed by atoms with Crippen LogP contribution in [0, 0.1) is 0 Å². The van der Waals surface area contributed by atoms with E-state index in [2.05, 4.69) is 6.92 Å². The van der Waals surface area contributed by atoms with E-state index in [1.807, 2.05) is 85.8 Å². The van der Waals surface area contributed by atoms with Gasteiger partial charge in [0.25, 0.3) is 0 Å². The van der Waals surface area contributed by atoms with E-state index in [0.717, 1.165) is 57.1 Å². The highest BCUT2D eigenvalue weighted by molar-refractivity contribution is 5.74. The lowest BCUT2D eigenvalue weighted by Crippen LogP contribution is -2.05. The maximum absolute atomic E-state index is 6.26. The minimum atomic E-state index is 0.197. The minimum absolute atomic E-state index is 0.197. The molecule has 3 aromatic carbocycles. The van der Waals surface area contributed by atoms with Crippen LogP contribution in [0.1, 0.15) is 53.1 Å². The molecule has 1 heterocycles. The van der Waals surface area contributed by atoms with Crippen molar-refractivity contribution < 1.29 is 37.9 Å². The highest BCUT2D eigenvalue weighted by Crippen LogP contribution is 2.40. The van der Waals surface area contributed by atoms with Crippen LogP contribution in [0.2, 0.25) is 0 Å². The molecule has 0 saturated heterocycles. The molecule has 9 heteroatoms. The molecule has 254 valence electrons. The summed E-state index contributed by atoms with van der Waals surface area (Å²) in [5, 5.41) is 0. The summed E-state index contributed by atoms with van der Waals surface area (Å²) in [4.78, 5) is 4.79. The van der Waals surface area contributed by atoms with Gasteiger partial charge in [-0.05, 0) is 85.2 Å². The van der Waals surface area contributed by atoms with Gasteiger partial charge in [-0.25, -0.2) is 4.98 Å². The van der Waals surface area contributed by atoms with Gasteiger partial charge in [0.1, 0.15) is 29.6 Å². The second-order valence-electron chi connectivity index (χ2n) is 10.6. The Morgan fingerprint density at radius 1 is 0.542 bits per heavy atom. The van der Waals surface area contributed by atoms with Crippen LogP contribution < -0.4 is 33.2 Å². The number of methoxy groups -OCH3 is 6. The highest BCUT2D eigenvalue weighted by Gasteiger charge is 2.17. The number of ether oxygens (including phenoxy) is 8. The van der Waals surface area contributed by atoms with Gasteiger partial charge >= 0.3 is 0 Å². The molecule has 0 fully saturated rings. The lowest BCUT2D eigenvalue weighted by molar-refractivity contribution is 0.131. The quantitative estimate of drug-likeness (QED) is 0.112. The van der Waals surface area contributed by atoms with Gasteiger partial charge in [-0.15, -0.1) is 0 Å². The summed E-state index contributed by atoms with van der Waals surface area (Å²) in [5.41, 5.74) is 6.16. The van der Waals surface area contributed by atoms with Crippen molar-refractivity contribution in [3.63, 3.8) is 0 Å². The first-order valence-electron chi connectivity index (χ1n) is 15.7. The summed E-state index contributed by atoms with van der Waals surface area (Å²) in [6.45, 7) is 5.24. The van der Waals surface area contributed by atoms with E-state index in [9.17, 15) is 0 Å². The molecule has 0 aliphatic heterocycles. The van der Waals surface area contributed by atoms with Crippen LogP contribution in [-0.4, -0.2) is 54.2 Å². The fourth-order valence-corrected chi connectivity index (χ4v) is 5.22. The molecule has 0 atom stereocenters. The number of benzene rings is 3. The number of hydrogen-bond acceptors (Lipinski definition) is 9. The van der Waals surface area contributed by atoms with E-state index in [1.165, 1.54) is 0 Å². The molecule has 0 spiro atoms. The van der Waals surface area contributed by atoms with E-state index in [1.54, 1.807) is 42.7 Å². The molecule has 0 saturated carbocycles. The van der Waals surface area contributed by atoms with Crippen LogP contribution in [0.3, 0.4) is 0 Å². The lowest BCUT2D eigenvalue weighted by atomic mass is 10.1. The predicted molar refractivity (Wildman–Crippen MR) is 190 cm³/mol. The number of nitrogens with zero attached hydrogens (tertiary/aromatic N) is 1. The number of rotatable bonds is 17. The van der Waals surface area contributed by atoms with Gasteiger partial charge in [0.2, 0.25) is 5.75 Å². The van der Waals surface area contributed by atoms with Crippen molar-refractivity contribution in [2.45, 2.75) is 33.5 Å². The van der Waals surface area contributed by atoms with Crippen LogP contribution in [0.4, 0.5) is 0 Å². The molecule has 0 amide bonds. The molecule has 0 unspecified atom stereocenters. The molecule has 4 rings (SSSR count). The minimum Gasteiger partial charge on any atom is -0.496 e. The van der Waals surface area contributed by atoms with Crippen LogP contribution in [0.5, 0.6) is 40.2 Å². The summed E-state index contributed by atoms with van der Waals surface area (Å²) in [6.07, 6.45) is 8.67. The Bertz CT molecular complexity index is 1680. The molecule has 0 aliphatic rings. The van der Waals surface area contributed by atoms with Crippen LogP contribution in [0.15, 0.2) is 54.6 Å². The summed E-state index contributed by atoms with van der Waals surface area (Å²) < 4.78 is 45.7. The van der Waals surface area contributed by atoms with Gasteiger partial charge in [-0.1, -0.05) is 25.1 Å². The third-order valence-electron chi connectivity index (χ3n) is 7.67. The number of hydrogen-bond donors (Lipinski definition) is 0. The van der Waals surface area contributed by atoms with Gasteiger partial charge < -0.3 is 37.9 Å². The SMILES string of the molecule is CCOCc1cc(OC)c(COc2c(OC)cc(/C=C/c3cccc(/C=C/c4cc(OC)c(CC)c(OC)c4)n3)cc2OC)cc1OC. The highest BCUT2D eigenvalue weighted by atomic mass is 16.5. The van der Waals surface area contributed by atoms with E-state index in [-0.39, 0.29) is 6.61 Å². The molecular formula is C39H45NO8. The van der Waals surface area contributed by atoms with Crippen LogP contribution in [-0.2, 0) is 24.4 Å². The van der Waals surface area contributed by atoms with Crippen molar-refractivity contribution in [2.24, 2.45) is 0 Å². The number of aromatic nitrogens is 1. The Balaban J connectivity index is 1.54. The Labute approximate surface area is 283 Å². The first kappa shape index (κ1) is 35.7. The Kier molecular flexibility index (Phi) is 13.1. The Hall–Kier alpha value is -5.15. The summed E-state index contributed by atoms with van der Waals surface area (Å²) in [5.74, 6) is 4.49. The summed E-state index contributed by atoms with van der Waals surface area (Å²) in [6, 6.07) is 17.5. The molecule has 48 heavy (non-hydrogen) atoms. The average Bonchev–Trinajstić information content (AvgIpc) is 3.13. The maximum atomic E-state index is 6.26. The van der Waals surface area contributed by atoms with Gasteiger partial charge in [-0.2, -0.15) is 0 Å². The molecule has 0 radical (unpaired) electrons. The topological polar surface area (TPSA) is 86.7 Å². The normalized spacial score (nSPS) is 11.2. The zero-order valence-corrected chi connectivity index (χ0v) is 29.0. The first-order valence-corrected chi connectivity index (χ1v) is 15.7. The average molecular weight is 656 g/mol. The monoisotopic (exact) mass is 655 g/mol. The molecule has 4 aromatic rings. The van der Waals surface area contributed by atoms with Crippen molar-refractivity contribution in [1.29, 1.82) is 0 Å². The fourth-order valence-electron chi connectivity index (χ4n) is 5.22. The van der Waals surface area contributed by atoms with Gasteiger partial charge in [-0.3, -0.25) is 0 Å². The van der Waals surface area contributed by atoms with Crippen molar-refractivity contribution in [2.75, 3.05) is 49.3 Å². The van der Waals surface area contributed by atoms with Crippen LogP contribution >= 0.6 is 0 Å². The zero-order chi connectivity index (χ0) is 34.5. The molecule has 0 aliphatic carbocycles. The second kappa shape index (κ2) is 17.7. The summed E-state index contributed by atoms with van der Waals surface area (Å²) in [7, 11) is 9.79. The molecule has 9 nitrogen and oxygen atoms in total. The van der Waals surface area contributed by atoms with Crippen LogP contribution in [0.25, 0.3) is 24.3 Å². The van der Waals surface area contributed by atoms with E-state index in [0.29, 0.717) is 42.0 Å². The van der Waals surface area contributed by atoms with E-state index in [4.69, 9.17) is 42.9 Å². The van der Waals surface area contributed by atoms with Crippen molar-refractivity contribution in [3.8, 4) is 40.2 Å². The molecule has 0 bridgehead atoms. The fraction of sp³-hybridized carbons (Fsp3) is 0.308. The third kappa shape index (κ3) is 8.80. The van der Waals surface area contributed by atoms with Crippen molar-refractivity contribution in [3.05, 3.63) is 93.8 Å². The predicted octanol–water partition coefficient (Wildman–Crippen LogP) is 8.15.